The fourth-order valence-electron chi connectivity index (χ4n) is 1.92. The number of primary amides is 1. The number of benzene rings is 2. The van der Waals surface area contributed by atoms with E-state index in [1.54, 1.807) is 12.1 Å². The zero-order valence-corrected chi connectivity index (χ0v) is 12.8. The van der Waals surface area contributed by atoms with Crippen molar-refractivity contribution < 1.29 is 9.53 Å². The minimum absolute atomic E-state index is 0.267. The van der Waals surface area contributed by atoms with Gasteiger partial charge in [0.2, 0.25) is 0 Å². The normalized spacial score (nSPS) is 10.3. The average molecular weight is 335 g/mol. The molecule has 5 heteroatoms. The SMILES string of the molecule is Cc1cc(Oc2ccc(N)cc2C(N)=O)cc(C)c1Br. The first kappa shape index (κ1) is 14.4. The van der Waals surface area contributed by atoms with Gasteiger partial charge in [-0.3, -0.25) is 4.79 Å². The van der Waals surface area contributed by atoms with Crippen molar-refractivity contribution in [2.75, 3.05) is 5.73 Å². The first-order chi connectivity index (χ1) is 9.38. The van der Waals surface area contributed by atoms with Crippen molar-refractivity contribution in [3.8, 4) is 11.5 Å². The fraction of sp³-hybridized carbons (Fsp3) is 0.133. The average Bonchev–Trinajstić information content (AvgIpc) is 2.37. The van der Waals surface area contributed by atoms with Gasteiger partial charge >= 0.3 is 0 Å². The Morgan fingerprint density at radius 3 is 2.30 bits per heavy atom. The predicted molar refractivity (Wildman–Crippen MR) is 83.1 cm³/mol. The van der Waals surface area contributed by atoms with Crippen LogP contribution in [0, 0.1) is 13.8 Å². The van der Waals surface area contributed by atoms with Gasteiger partial charge in [0.15, 0.2) is 0 Å². The molecule has 1 amide bonds. The van der Waals surface area contributed by atoms with Crippen LogP contribution in [-0.4, -0.2) is 5.91 Å². The van der Waals surface area contributed by atoms with E-state index in [4.69, 9.17) is 16.2 Å². The summed E-state index contributed by atoms with van der Waals surface area (Å²) in [4.78, 5) is 11.4. The van der Waals surface area contributed by atoms with Crippen LogP contribution in [0.15, 0.2) is 34.8 Å². The molecule has 4 N–H and O–H groups in total. The summed E-state index contributed by atoms with van der Waals surface area (Å²) in [6.45, 7) is 3.95. The number of anilines is 1. The molecule has 104 valence electrons. The molecule has 0 aliphatic rings. The lowest BCUT2D eigenvalue weighted by molar-refractivity contribution is 0.0998. The number of carbonyl (C=O) groups excluding carboxylic acids is 1. The number of carbonyl (C=O) groups is 1. The van der Waals surface area contributed by atoms with Crippen LogP contribution < -0.4 is 16.2 Å². The molecule has 0 spiro atoms. The first-order valence-corrected chi connectivity index (χ1v) is 6.81. The number of rotatable bonds is 3. The second-order valence-electron chi connectivity index (χ2n) is 4.59. The van der Waals surface area contributed by atoms with E-state index in [0.29, 0.717) is 17.2 Å². The minimum Gasteiger partial charge on any atom is -0.457 e. The molecule has 0 aliphatic heterocycles. The summed E-state index contributed by atoms with van der Waals surface area (Å²) in [6, 6.07) is 8.59. The molecule has 2 aromatic rings. The van der Waals surface area contributed by atoms with Gasteiger partial charge in [-0.2, -0.15) is 0 Å². The lowest BCUT2D eigenvalue weighted by atomic mass is 10.1. The molecule has 0 saturated heterocycles. The topological polar surface area (TPSA) is 78.3 Å². The Hall–Kier alpha value is -2.01. The van der Waals surface area contributed by atoms with Crippen molar-refractivity contribution in [3.63, 3.8) is 0 Å². The van der Waals surface area contributed by atoms with Gasteiger partial charge in [-0.1, -0.05) is 15.9 Å². The maximum Gasteiger partial charge on any atom is 0.252 e. The van der Waals surface area contributed by atoms with E-state index in [1.807, 2.05) is 26.0 Å². The molecule has 4 nitrogen and oxygen atoms in total. The van der Waals surface area contributed by atoms with Crippen molar-refractivity contribution >= 4 is 27.5 Å². The molecular formula is C15H15BrN2O2. The Morgan fingerprint density at radius 2 is 1.75 bits per heavy atom. The van der Waals surface area contributed by atoms with Crippen molar-refractivity contribution in [3.05, 3.63) is 51.5 Å². The number of hydrogen-bond acceptors (Lipinski definition) is 3. The summed E-state index contributed by atoms with van der Waals surface area (Å²) in [5, 5.41) is 0. The third-order valence-corrected chi connectivity index (χ3v) is 4.16. The summed E-state index contributed by atoms with van der Waals surface area (Å²) in [5.74, 6) is 0.473. The van der Waals surface area contributed by atoms with E-state index in [9.17, 15) is 4.79 Å². The highest BCUT2D eigenvalue weighted by Gasteiger charge is 2.12. The number of halogens is 1. The molecule has 0 atom stereocenters. The number of nitrogen functional groups attached to an aromatic ring is 1. The van der Waals surface area contributed by atoms with Gasteiger partial charge in [-0.15, -0.1) is 0 Å². The standard InChI is InChI=1S/C15H15BrN2O2/c1-8-5-11(6-9(2)14(8)16)20-13-4-3-10(17)7-12(13)15(18)19/h3-7H,17H2,1-2H3,(H2,18,19). The molecule has 0 unspecified atom stereocenters. The van der Waals surface area contributed by atoms with E-state index in [1.165, 1.54) is 6.07 Å². The molecule has 20 heavy (non-hydrogen) atoms. The third kappa shape index (κ3) is 2.93. The largest absolute Gasteiger partial charge is 0.457 e. The zero-order valence-electron chi connectivity index (χ0n) is 11.2. The van der Waals surface area contributed by atoms with Crippen LogP contribution >= 0.6 is 15.9 Å². The fourth-order valence-corrected chi connectivity index (χ4v) is 2.15. The second-order valence-corrected chi connectivity index (χ2v) is 5.39. The van der Waals surface area contributed by atoms with Gasteiger partial charge in [0.25, 0.3) is 5.91 Å². The summed E-state index contributed by atoms with van der Waals surface area (Å²) in [5.41, 5.74) is 13.8. The molecule has 0 saturated carbocycles. The van der Waals surface area contributed by atoms with Crippen LogP contribution in [0.25, 0.3) is 0 Å². The smallest absolute Gasteiger partial charge is 0.252 e. The Kier molecular flexibility index (Phi) is 3.99. The molecule has 0 radical (unpaired) electrons. The Labute approximate surface area is 125 Å². The van der Waals surface area contributed by atoms with Crippen molar-refractivity contribution in [1.82, 2.24) is 0 Å². The molecule has 0 aromatic heterocycles. The summed E-state index contributed by atoms with van der Waals surface area (Å²) >= 11 is 3.50. The number of nitrogens with two attached hydrogens (primary N) is 2. The summed E-state index contributed by atoms with van der Waals surface area (Å²) < 4.78 is 6.80. The highest BCUT2D eigenvalue weighted by molar-refractivity contribution is 9.10. The Bertz CT molecular complexity index is 661. The van der Waals surface area contributed by atoms with E-state index in [2.05, 4.69) is 15.9 Å². The lowest BCUT2D eigenvalue weighted by Gasteiger charge is -2.12. The molecule has 2 rings (SSSR count). The van der Waals surface area contributed by atoms with Crippen LogP contribution in [0.3, 0.4) is 0 Å². The minimum atomic E-state index is -0.571. The molecule has 0 aliphatic carbocycles. The van der Waals surface area contributed by atoms with Gasteiger partial charge in [-0.05, 0) is 55.3 Å². The molecule has 0 heterocycles. The molecule has 0 fully saturated rings. The number of hydrogen-bond donors (Lipinski definition) is 2. The van der Waals surface area contributed by atoms with Gasteiger partial charge in [0.05, 0.1) is 5.56 Å². The van der Waals surface area contributed by atoms with Gasteiger partial charge in [0.1, 0.15) is 11.5 Å². The highest BCUT2D eigenvalue weighted by atomic mass is 79.9. The van der Waals surface area contributed by atoms with E-state index < -0.39 is 5.91 Å². The number of aryl methyl sites for hydroxylation is 2. The number of ether oxygens (including phenoxy) is 1. The van der Waals surface area contributed by atoms with Crippen LogP contribution in [0.2, 0.25) is 0 Å². The van der Waals surface area contributed by atoms with Crippen LogP contribution in [0.5, 0.6) is 11.5 Å². The third-order valence-electron chi connectivity index (χ3n) is 2.91. The van der Waals surface area contributed by atoms with Crippen LogP contribution in [-0.2, 0) is 0 Å². The van der Waals surface area contributed by atoms with Crippen molar-refractivity contribution in [2.24, 2.45) is 5.73 Å². The van der Waals surface area contributed by atoms with Crippen molar-refractivity contribution in [2.45, 2.75) is 13.8 Å². The van der Waals surface area contributed by atoms with Crippen molar-refractivity contribution in [1.29, 1.82) is 0 Å². The summed E-state index contributed by atoms with van der Waals surface area (Å²) in [6.07, 6.45) is 0. The van der Waals surface area contributed by atoms with Crippen LogP contribution in [0.1, 0.15) is 21.5 Å². The molecule has 2 aromatic carbocycles. The lowest BCUT2D eigenvalue weighted by Crippen LogP contribution is -2.12. The molecular weight excluding hydrogens is 320 g/mol. The maximum atomic E-state index is 11.4. The molecule has 0 bridgehead atoms. The zero-order chi connectivity index (χ0) is 14.9. The number of amides is 1. The predicted octanol–water partition coefficient (Wildman–Crippen LogP) is 3.54. The van der Waals surface area contributed by atoms with Crippen LogP contribution in [0.4, 0.5) is 5.69 Å². The van der Waals surface area contributed by atoms with Gasteiger partial charge in [0, 0.05) is 10.2 Å². The Morgan fingerprint density at radius 1 is 1.15 bits per heavy atom. The quantitative estimate of drug-likeness (QED) is 0.842. The highest BCUT2D eigenvalue weighted by Crippen LogP contribution is 2.31. The van der Waals surface area contributed by atoms with E-state index in [-0.39, 0.29) is 5.56 Å². The first-order valence-electron chi connectivity index (χ1n) is 6.02. The monoisotopic (exact) mass is 334 g/mol. The van der Waals surface area contributed by atoms with E-state index in [0.717, 1.165) is 15.6 Å². The Balaban J connectivity index is 2.42. The second kappa shape index (κ2) is 5.54. The summed E-state index contributed by atoms with van der Waals surface area (Å²) in [7, 11) is 0. The maximum absolute atomic E-state index is 11.4. The van der Waals surface area contributed by atoms with E-state index >= 15 is 0 Å². The van der Waals surface area contributed by atoms with Gasteiger partial charge in [-0.25, -0.2) is 0 Å². The van der Waals surface area contributed by atoms with Gasteiger partial charge < -0.3 is 16.2 Å².